The zero-order valence-corrected chi connectivity index (χ0v) is 13.3. The number of nitrogens with zero attached hydrogens (tertiary/aromatic N) is 2. The Labute approximate surface area is 134 Å². The van der Waals surface area contributed by atoms with Gasteiger partial charge in [0.2, 0.25) is 5.91 Å². The molecule has 0 spiro atoms. The number of carbonyl (C=O) groups is 2. The number of rotatable bonds is 9. The van der Waals surface area contributed by atoms with Crippen LogP contribution in [0.15, 0.2) is 24.5 Å². The van der Waals surface area contributed by atoms with Crippen LogP contribution in [-0.2, 0) is 9.59 Å². The molecule has 4 N–H and O–H groups in total. The number of aromatic nitrogens is 1. The maximum Gasteiger partial charge on any atom is 0.251 e. The van der Waals surface area contributed by atoms with Crippen molar-refractivity contribution < 1.29 is 9.59 Å². The highest BCUT2D eigenvalue weighted by atomic mass is 32.2. The van der Waals surface area contributed by atoms with Gasteiger partial charge in [-0.1, -0.05) is 0 Å². The van der Waals surface area contributed by atoms with Crippen LogP contribution in [0.2, 0.25) is 0 Å². The molecule has 0 aromatic carbocycles. The van der Waals surface area contributed by atoms with E-state index in [1.54, 1.807) is 12.1 Å². The van der Waals surface area contributed by atoms with Gasteiger partial charge in [-0.25, -0.2) is 4.90 Å². The zero-order valence-electron chi connectivity index (χ0n) is 12.5. The third-order valence-electron chi connectivity index (χ3n) is 2.74. The Balaban J connectivity index is 2.52. The molecule has 0 fully saturated rings. The predicted molar refractivity (Wildman–Crippen MR) is 89.4 cm³/mol. The predicted octanol–water partition coefficient (Wildman–Crippen LogP) is 0.261. The Morgan fingerprint density at radius 2 is 2.18 bits per heavy atom. The highest BCUT2D eigenvalue weighted by molar-refractivity contribution is 7.99. The number of thioether (sulfide) groups is 1. The maximum absolute atomic E-state index is 12.4. The first kappa shape index (κ1) is 18.3. The Morgan fingerprint density at radius 1 is 1.50 bits per heavy atom. The van der Waals surface area contributed by atoms with Crippen LogP contribution in [0, 0.1) is 5.41 Å². The topological polar surface area (TPSA) is 112 Å². The molecule has 0 bridgehead atoms. The van der Waals surface area contributed by atoms with Gasteiger partial charge < -0.3 is 16.5 Å². The molecule has 0 unspecified atom stereocenters. The minimum atomic E-state index is -0.746. The summed E-state index contributed by atoms with van der Waals surface area (Å²) in [6, 6.07) is 2.45. The number of anilines is 1. The van der Waals surface area contributed by atoms with Crippen LogP contribution in [0.5, 0.6) is 0 Å². The number of nitrogens with two attached hydrogens (primary N) is 1. The average molecular weight is 323 g/mol. The smallest absolute Gasteiger partial charge is 0.251 e. The van der Waals surface area contributed by atoms with Crippen molar-refractivity contribution in [1.29, 1.82) is 5.41 Å². The van der Waals surface area contributed by atoms with Gasteiger partial charge in [0.05, 0.1) is 11.7 Å². The highest BCUT2D eigenvalue weighted by Gasteiger charge is 2.25. The van der Waals surface area contributed by atoms with Crippen molar-refractivity contribution in [3.05, 3.63) is 24.5 Å². The fraction of sp³-hybridized carbons (Fsp3) is 0.429. The van der Waals surface area contributed by atoms with Gasteiger partial charge in [-0.15, -0.1) is 0 Å². The van der Waals surface area contributed by atoms with Crippen molar-refractivity contribution in [2.24, 2.45) is 5.73 Å². The van der Waals surface area contributed by atoms with Crippen LogP contribution in [0.1, 0.15) is 6.92 Å². The number of hydrogen-bond acceptors (Lipinski definition) is 7. The Bertz CT molecular complexity index is 497. The molecule has 0 aliphatic heterocycles. The summed E-state index contributed by atoms with van der Waals surface area (Å²) in [7, 11) is 0. The molecular weight excluding hydrogens is 302 g/mol. The first-order valence-corrected chi connectivity index (χ1v) is 8.01. The molecule has 0 aliphatic rings. The summed E-state index contributed by atoms with van der Waals surface area (Å²) in [4.78, 5) is 29.0. The molecule has 7 nitrogen and oxygen atoms in total. The van der Waals surface area contributed by atoms with Crippen molar-refractivity contribution in [2.45, 2.75) is 13.0 Å². The van der Waals surface area contributed by atoms with Gasteiger partial charge in [-0.3, -0.25) is 14.6 Å². The molecule has 0 saturated heterocycles. The molecule has 0 aliphatic carbocycles. The minimum Gasteiger partial charge on any atom is -0.319 e. The maximum atomic E-state index is 12.4. The monoisotopic (exact) mass is 323 g/mol. The van der Waals surface area contributed by atoms with Crippen molar-refractivity contribution in [3.8, 4) is 0 Å². The van der Waals surface area contributed by atoms with E-state index in [9.17, 15) is 9.59 Å². The zero-order chi connectivity index (χ0) is 16.4. The molecule has 1 aromatic heterocycles. The molecule has 120 valence electrons. The van der Waals surface area contributed by atoms with Gasteiger partial charge in [0.1, 0.15) is 0 Å². The van der Waals surface area contributed by atoms with E-state index in [0.717, 1.165) is 17.2 Å². The second-order valence-corrected chi connectivity index (χ2v) is 5.64. The standard InChI is InChI=1S/C14H21N5O2S/c1-11(20)19(12-2-5-17-6-3-12)14(21)13(16)10-22-9-8-18-7-4-15/h2-6,13,15,18H,7-10,16H2,1H3/t13-/m0/s1. The van der Waals surface area contributed by atoms with Crippen LogP contribution in [0.3, 0.4) is 0 Å². The fourth-order valence-electron chi connectivity index (χ4n) is 1.72. The largest absolute Gasteiger partial charge is 0.319 e. The quantitative estimate of drug-likeness (QED) is 0.444. The van der Waals surface area contributed by atoms with Crippen molar-refractivity contribution in [2.75, 3.05) is 29.5 Å². The van der Waals surface area contributed by atoms with E-state index >= 15 is 0 Å². The number of imide groups is 1. The number of nitrogens with one attached hydrogen (secondary N) is 2. The van der Waals surface area contributed by atoms with Gasteiger partial charge in [-0.05, 0) is 12.1 Å². The SMILES string of the molecule is CC(=O)N(C(=O)[C@@H](N)CSCCNCC=N)c1ccncc1. The van der Waals surface area contributed by atoms with Crippen LogP contribution in [-0.4, -0.2) is 53.6 Å². The molecule has 1 aromatic rings. The normalized spacial score (nSPS) is 11.7. The van der Waals surface area contributed by atoms with Gasteiger partial charge in [0.15, 0.2) is 0 Å². The lowest BCUT2D eigenvalue weighted by molar-refractivity contribution is -0.125. The van der Waals surface area contributed by atoms with Gasteiger partial charge in [0, 0.05) is 50.1 Å². The molecular formula is C14H21N5O2S. The van der Waals surface area contributed by atoms with E-state index in [2.05, 4.69) is 10.3 Å². The number of pyridine rings is 1. The van der Waals surface area contributed by atoms with E-state index < -0.39 is 11.9 Å². The van der Waals surface area contributed by atoms with E-state index in [-0.39, 0.29) is 5.91 Å². The number of hydrogen-bond donors (Lipinski definition) is 3. The molecule has 1 rings (SSSR count). The minimum absolute atomic E-state index is 0.371. The van der Waals surface area contributed by atoms with Crippen LogP contribution < -0.4 is 16.0 Å². The summed E-state index contributed by atoms with van der Waals surface area (Å²) in [6.07, 6.45) is 4.33. The summed E-state index contributed by atoms with van der Waals surface area (Å²) in [6.45, 7) is 2.60. The average Bonchev–Trinajstić information content (AvgIpc) is 2.51. The molecule has 1 heterocycles. The van der Waals surface area contributed by atoms with Gasteiger partial charge in [-0.2, -0.15) is 11.8 Å². The Morgan fingerprint density at radius 3 is 2.77 bits per heavy atom. The Hall–Kier alpha value is -1.77. The van der Waals surface area contributed by atoms with Crippen LogP contribution in [0.25, 0.3) is 0 Å². The highest BCUT2D eigenvalue weighted by Crippen LogP contribution is 2.14. The lowest BCUT2D eigenvalue weighted by atomic mass is 10.2. The molecule has 1 atom stereocenters. The van der Waals surface area contributed by atoms with Crippen LogP contribution in [0.4, 0.5) is 5.69 Å². The van der Waals surface area contributed by atoms with E-state index in [1.165, 1.54) is 37.3 Å². The summed E-state index contributed by atoms with van der Waals surface area (Å²) in [5, 5.41) is 9.92. The lowest BCUT2D eigenvalue weighted by Gasteiger charge is -2.22. The summed E-state index contributed by atoms with van der Waals surface area (Å²) in [5.74, 6) is 0.423. The summed E-state index contributed by atoms with van der Waals surface area (Å²) >= 11 is 1.53. The lowest BCUT2D eigenvalue weighted by Crippen LogP contribution is -2.47. The van der Waals surface area contributed by atoms with Crippen molar-refractivity contribution >= 4 is 35.5 Å². The molecule has 0 radical (unpaired) electrons. The van der Waals surface area contributed by atoms with E-state index in [0.29, 0.717) is 18.0 Å². The van der Waals surface area contributed by atoms with Crippen molar-refractivity contribution in [3.63, 3.8) is 0 Å². The molecule has 22 heavy (non-hydrogen) atoms. The fourth-order valence-corrected chi connectivity index (χ4v) is 2.58. The van der Waals surface area contributed by atoms with E-state index in [1.807, 2.05) is 0 Å². The Kier molecular flexibility index (Phi) is 8.34. The third kappa shape index (κ3) is 5.92. The van der Waals surface area contributed by atoms with Crippen LogP contribution >= 0.6 is 11.8 Å². The van der Waals surface area contributed by atoms with Gasteiger partial charge >= 0.3 is 0 Å². The van der Waals surface area contributed by atoms with Crippen molar-refractivity contribution in [1.82, 2.24) is 10.3 Å². The van der Waals surface area contributed by atoms with E-state index in [4.69, 9.17) is 11.1 Å². The second-order valence-electron chi connectivity index (χ2n) is 4.49. The number of carbonyl (C=O) groups excluding carboxylic acids is 2. The number of amides is 2. The van der Waals surface area contributed by atoms with Gasteiger partial charge in [0.25, 0.3) is 5.91 Å². The first-order chi connectivity index (χ1) is 10.6. The first-order valence-electron chi connectivity index (χ1n) is 6.85. The molecule has 8 heteroatoms. The molecule has 2 amide bonds. The summed E-state index contributed by atoms with van der Waals surface area (Å²) in [5.41, 5.74) is 6.37. The molecule has 0 saturated carbocycles. The third-order valence-corrected chi connectivity index (χ3v) is 3.83. The second kappa shape index (κ2) is 10.0. The summed E-state index contributed by atoms with van der Waals surface area (Å²) < 4.78 is 0.